The second-order valence-electron chi connectivity index (χ2n) is 8.52. The first kappa shape index (κ1) is 22.4. The molecule has 5 rings (SSSR count). The summed E-state index contributed by atoms with van der Waals surface area (Å²) in [5, 5.41) is 8.73. The molecule has 0 saturated carbocycles. The molecule has 3 heterocycles. The van der Waals surface area contributed by atoms with Gasteiger partial charge < -0.3 is 20.3 Å². The standard InChI is InChI=1S/C26H29N5O2S/c1-33-24-8-2-19(3-9-24)25(32)28-21-4-6-23(7-5-21)30-14-11-20(12-15-30)27-13-10-22-18-31-16-17-34-26(31)29-22/h2-9,16-18,20,27H,10-15H2,1H3,(H,28,32). The smallest absolute Gasteiger partial charge is 0.255 e. The monoisotopic (exact) mass is 475 g/mol. The third-order valence-electron chi connectivity index (χ3n) is 6.29. The Hall–Kier alpha value is -3.36. The van der Waals surface area contributed by atoms with Gasteiger partial charge in [-0.2, -0.15) is 0 Å². The first-order valence-corrected chi connectivity index (χ1v) is 12.5. The number of carbonyl (C=O) groups is 1. The van der Waals surface area contributed by atoms with E-state index < -0.39 is 0 Å². The van der Waals surface area contributed by atoms with Gasteiger partial charge in [-0.15, -0.1) is 11.3 Å². The lowest BCUT2D eigenvalue weighted by atomic mass is 10.0. The summed E-state index contributed by atoms with van der Waals surface area (Å²) in [5.41, 5.74) is 3.74. The first-order chi connectivity index (χ1) is 16.7. The van der Waals surface area contributed by atoms with Gasteiger partial charge >= 0.3 is 0 Å². The number of anilines is 2. The molecule has 0 radical (unpaired) electrons. The second-order valence-corrected chi connectivity index (χ2v) is 9.39. The number of piperidine rings is 1. The van der Waals surface area contributed by atoms with Crippen LogP contribution < -0.4 is 20.3 Å². The molecule has 8 heteroatoms. The van der Waals surface area contributed by atoms with Gasteiger partial charge in [0.05, 0.1) is 12.8 Å². The van der Waals surface area contributed by atoms with Gasteiger partial charge in [0.2, 0.25) is 0 Å². The van der Waals surface area contributed by atoms with E-state index in [1.165, 1.54) is 5.69 Å². The van der Waals surface area contributed by atoms with Gasteiger partial charge in [-0.3, -0.25) is 9.20 Å². The van der Waals surface area contributed by atoms with Crippen molar-refractivity contribution in [3.8, 4) is 5.75 Å². The van der Waals surface area contributed by atoms with Crippen molar-refractivity contribution >= 4 is 33.6 Å². The predicted molar refractivity (Wildman–Crippen MR) is 137 cm³/mol. The van der Waals surface area contributed by atoms with Crippen LogP contribution in [0.2, 0.25) is 0 Å². The summed E-state index contributed by atoms with van der Waals surface area (Å²) in [4.78, 5) is 20.6. The Bertz CT molecular complexity index is 1200. The predicted octanol–water partition coefficient (Wildman–Crippen LogP) is 4.46. The van der Waals surface area contributed by atoms with Gasteiger partial charge in [0.25, 0.3) is 5.91 Å². The number of ether oxygens (including phenoxy) is 1. The van der Waals surface area contributed by atoms with Crippen LogP contribution in [0.4, 0.5) is 11.4 Å². The van der Waals surface area contributed by atoms with E-state index in [9.17, 15) is 4.79 Å². The van der Waals surface area contributed by atoms with Crippen LogP contribution in [0.5, 0.6) is 5.75 Å². The molecular formula is C26H29N5O2S. The van der Waals surface area contributed by atoms with Crippen LogP contribution in [0.25, 0.3) is 4.96 Å². The summed E-state index contributed by atoms with van der Waals surface area (Å²) in [5.74, 6) is 0.607. The van der Waals surface area contributed by atoms with Gasteiger partial charge in [-0.05, 0) is 61.4 Å². The highest BCUT2D eigenvalue weighted by atomic mass is 32.1. The van der Waals surface area contributed by atoms with E-state index in [-0.39, 0.29) is 5.91 Å². The Morgan fingerprint density at radius 2 is 1.88 bits per heavy atom. The maximum absolute atomic E-state index is 12.5. The van der Waals surface area contributed by atoms with Crippen molar-refractivity contribution in [1.29, 1.82) is 0 Å². The highest BCUT2D eigenvalue weighted by Gasteiger charge is 2.19. The zero-order valence-electron chi connectivity index (χ0n) is 19.2. The van der Waals surface area contributed by atoms with E-state index in [0.29, 0.717) is 11.6 Å². The maximum Gasteiger partial charge on any atom is 0.255 e. The Balaban J connectivity index is 1.06. The SMILES string of the molecule is COc1ccc(C(=O)Nc2ccc(N3CCC(NCCc4cn5ccsc5n4)CC3)cc2)cc1. The molecule has 4 aromatic rings. The number of carbonyl (C=O) groups excluding carboxylic acids is 1. The van der Waals surface area contributed by atoms with Gasteiger partial charge in [0.15, 0.2) is 4.96 Å². The Morgan fingerprint density at radius 3 is 2.59 bits per heavy atom. The number of imidazole rings is 1. The summed E-state index contributed by atoms with van der Waals surface area (Å²) in [6.45, 7) is 3.00. The number of hydrogen-bond acceptors (Lipinski definition) is 6. The minimum absolute atomic E-state index is 0.127. The Morgan fingerprint density at radius 1 is 1.12 bits per heavy atom. The zero-order valence-corrected chi connectivity index (χ0v) is 20.1. The maximum atomic E-state index is 12.5. The zero-order chi connectivity index (χ0) is 23.3. The molecular weight excluding hydrogens is 446 g/mol. The Labute approximate surface area is 203 Å². The normalized spacial score (nSPS) is 14.4. The molecule has 2 aromatic carbocycles. The number of amides is 1. The van der Waals surface area contributed by atoms with Crippen LogP contribution >= 0.6 is 11.3 Å². The van der Waals surface area contributed by atoms with Crippen LogP contribution in [-0.2, 0) is 6.42 Å². The number of thiazole rings is 1. The largest absolute Gasteiger partial charge is 0.497 e. The van der Waals surface area contributed by atoms with Crippen molar-refractivity contribution in [2.75, 3.05) is 37.0 Å². The molecule has 176 valence electrons. The van der Waals surface area contributed by atoms with Crippen LogP contribution in [0.3, 0.4) is 0 Å². The van der Waals surface area contributed by atoms with Crippen LogP contribution in [0, 0.1) is 0 Å². The van der Waals surface area contributed by atoms with Crippen molar-refractivity contribution < 1.29 is 9.53 Å². The van der Waals surface area contributed by atoms with Crippen LogP contribution in [0.1, 0.15) is 28.9 Å². The highest BCUT2D eigenvalue weighted by Crippen LogP contribution is 2.23. The summed E-state index contributed by atoms with van der Waals surface area (Å²) in [6, 6.07) is 15.8. The molecule has 2 N–H and O–H groups in total. The fraction of sp³-hybridized carbons (Fsp3) is 0.308. The average Bonchev–Trinajstić information content (AvgIpc) is 3.47. The van der Waals surface area contributed by atoms with E-state index in [0.717, 1.165) is 61.0 Å². The number of rotatable bonds is 8. The molecule has 1 saturated heterocycles. The fourth-order valence-corrected chi connectivity index (χ4v) is 5.06. The summed E-state index contributed by atoms with van der Waals surface area (Å²) in [6.07, 6.45) is 7.38. The molecule has 1 fully saturated rings. The number of benzene rings is 2. The minimum atomic E-state index is -0.127. The van der Waals surface area contributed by atoms with Crippen LogP contribution in [0.15, 0.2) is 66.3 Å². The third kappa shape index (κ3) is 5.24. The molecule has 1 aliphatic heterocycles. The summed E-state index contributed by atoms with van der Waals surface area (Å²) < 4.78 is 7.24. The van der Waals surface area contributed by atoms with Gasteiger partial charge in [0.1, 0.15) is 5.75 Å². The van der Waals surface area contributed by atoms with E-state index >= 15 is 0 Å². The molecule has 2 aromatic heterocycles. The molecule has 0 bridgehead atoms. The van der Waals surface area contributed by atoms with Crippen LogP contribution in [-0.4, -0.2) is 48.1 Å². The van der Waals surface area contributed by atoms with Gasteiger partial charge in [-0.1, -0.05) is 0 Å². The van der Waals surface area contributed by atoms with E-state index in [1.807, 2.05) is 12.1 Å². The number of nitrogens with one attached hydrogen (secondary N) is 2. The third-order valence-corrected chi connectivity index (χ3v) is 7.07. The average molecular weight is 476 g/mol. The Kier molecular flexibility index (Phi) is 6.78. The van der Waals surface area contributed by atoms with E-state index in [1.54, 1.807) is 42.7 Å². The topological polar surface area (TPSA) is 70.9 Å². The quantitative estimate of drug-likeness (QED) is 0.394. The first-order valence-electron chi connectivity index (χ1n) is 11.6. The minimum Gasteiger partial charge on any atom is -0.497 e. The molecule has 0 spiro atoms. The van der Waals surface area contributed by atoms with Crippen molar-refractivity contribution in [1.82, 2.24) is 14.7 Å². The molecule has 1 amide bonds. The van der Waals surface area contributed by atoms with Crippen molar-refractivity contribution in [3.63, 3.8) is 0 Å². The van der Waals surface area contributed by atoms with Gasteiger partial charge in [-0.25, -0.2) is 4.98 Å². The summed E-state index contributed by atoms with van der Waals surface area (Å²) >= 11 is 1.67. The van der Waals surface area contributed by atoms with Crippen molar-refractivity contribution in [3.05, 3.63) is 77.6 Å². The molecule has 0 aliphatic carbocycles. The molecule has 34 heavy (non-hydrogen) atoms. The molecule has 0 atom stereocenters. The second kappa shape index (κ2) is 10.3. The molecule has 0 unspecified atom stereocenters. The number of aromatic nitrogens is 2. The number of methoxy groups -OCH3 is 1. The summed E-state index contributed by atoms with van der Waals surface area (Å²) in [7, 11) is 1.61. The number of nitrogens with zero attached hydrogens (tertiary/aromatic N) is 3. The number of hydrogen-bond donors (Lipinski definition) is 2. The lowest BCUT2D eigenvalue weighted by Gasteiger charge is -2.34. The lowest BCUT2D eigenvalue weighted by Crippen LogP contribution is -2.43. The fourth-order valence-electron chi connectivity index (χ4n) is 4.34. The highest BCUT2D eigenvalue weighted by molar-refractivity contribution is 7.15. The molecule has 7 nitrogen and oxygen atoms in total. The van der Waals surface area contributed by atoms with E-state index in [4.69, 9.17) is 4.74 Å². The van der Waals surface area contributed by atoms with Crippen molar-refractivity contribution in [2.45, 2.75) is 25.3 Å². The van der Waals surface area contributed by atoms with Gasteiger partial charge in [0, 0.05) is 66.8 Å². The van der Waals surface area contributed by atoms with Crippen molar-refractivity contribution in [2.24, 2.45) is 0 Å². The number of fused-ring (bicyclic) bond motifs is 1. The molecule has 1 aliphatic rings. The lowest BCUT2D eigenvalue weighted by molar-refractivity contribution is 0.102. The van der Waals surface area contributed by atoms with E-state index in [2.05, 4.69) is 54.8 Å².